The molecule has 216 valence electrons. The molecule has 1 aromatic heterocycles. The average molecular weight is 562 g/mol. The van der Waals surface area contributed by atoms with Gasteiger partial charge in [-0.25, -0.2) is 9.07 Å². The number of rotatable bonds is 7. The number of phenols is 1. The lowest BCUT2D eigenvalue weighted by Gasteiger charge is -2.39. The van der Waals surface area contributed by atoms with Crippen molar-refractivity contribution in [1.29, 1.82) is 0 Å². The van der Waals surface area contributed by atoms with Gasteiger partial charge in [-0.1, -0.05) is 12.1 Å². The minimum absolute atomic E-state index is 0.103. The minimum Gasteiger partial charge on any atom is -0.508 e. The van der Waals surface area contributed by atoms with Crippen LogP contribution in [0.2, 0.25) is 0 Å². The third-order valence-corrected chi connectivity index (χ3v) is 7.37. The average Bonchev–Trinajstić information content (AvgIpc) is 3.36. The molecule has 6 rings (SSSR count). The zero-order valence-electron chi connectivity index (χ0n) is 23.7. The Morgan fingerprint density at radius 3 is 2.63 bits per heavy atom. The van der Waals surface area contributed by atoms with Crippen LogP contribution in [0.25, 0.3) is 10.9 Å². The number of halogens is 1. The number of hydrogen-bond acceptors (Lipinski definition) is 7. The van der Waals surface area contributed by atoms with Crippen molar-refractivity contribution >= 4 is 22.3 Å². The molecule has 0 saturated carbocycles. The second-order valence-electron chi connectivity index (χ2n) is 11.5. The molecule has 0 bridgehead atoms. The maximum atomic E-state index is 15.1. The van der Waals surface area contributed by atoms with Gasteiger partial charge in [0.05, 0.1) is 35.7 Å². The van der Waals surface area contributed by atoms with E-state index in [2.05, 4.69) is 10.00 Å². The molecule has 0 aliphatic carbocycles. The highest BCUT2D eigenvalue weighted by atomic mass is 19.1. The predicted octanol–water partition coefficient (Wildman–Crippen LogP) is 7.05. The van der Waals surface area contributed by atoms with Crippen LogP contribution in [-0.2, 0) is 9.47 Å². The van der Waals surface area contributed by atoms with E-state index in [1.165, 1.54) is 12.1 Å². The van der Waals surface area contributed by atoms with Crippen LogP contribution in [0.1, 0.15) is 57.9 Å². The van der Waals surface area contributed by atoms with E-state index in [9.17, 15) is 5.11 Å². The van der Waals surface area contributed by atoms with Crippen molar-refractivity contribution in [2.75, 3.05) is 31.3 Å². The number of benzene rings is 3. The van der Waals surface area contributed by atoms with Crippen molar-refractivity contribution in [3.8, 4) is 17.2 Å². The lowest BCUT2D eigenvalue weighted by molar-refractivity contribution is -0.0366. The van der Waals surface area contributed by atoms with Gasteiger partial charge in [-0.3, -0.25) is 0 Å². The highest BCUT2D eigenvalue weighted by Gasteiger charge is 2.32. The molecule has 41 heavy (non-hydrogen) atoms. The zero-order valence-corrected chi connectivity index (χ0v) is 23.7. The van der Waals surface area contributed by atoms with Gasteiger partial charge in [0.15, 0.2) is 6.23 Å². The Kier molecular flexibility index (Phi) is 7.48. The van der Waals surface area contributed by atoms with E-state index in [0.717, 1.165) is 48.0 Å². The normalized spacial score (nSPS) is 19.2. The van der Waals surface area contributed by atoms with E-state index in [4.69, 9.17) is 18.9 Å². The summed E-state index contributed by atoms with van der Waals surface area (Å²) in [5.41, 5.74) is 2.99. The summed E-state index contributed by atoms with van der Waals surface area (Å²) in [7, 11) is 0. The highest BCUT2D eigenvalue weighted by Crippen LogP contribution is 2.47. The van der Waals surface area contributed by atoms with Gasteiger partial charge in [0.25, 0.3) is 0 Å². The van der Waals surface area contributed by atoms with Crippen LogP contribution < -0.4 is 14.4 Å². The Labute approximate surface area is 239 Å². The van der Waals surface area contributed by atoms with Crippen LogP contribution in [0.3, 0.4) is 0 Å². The molecule has 1 unspecified atom stereocenters. The third kappa shape index (κ3) is 5.96. The van der Waals surface area contributed by atoms with E-state index in [1.54, 1.807) is 12.1 Å². The smallest absolute Gasteiger partial charge is 0.150 e. The van der Waals surface area contributed by atoms with Crippen LogP contribution in [0.15, 0.2) is 60.8 Å². The number of anilines is 2. The highest BCUT2D eigenvalue weighted by molar-refractivity contribution is 5.89. The summed E-state index contributed by atoms with van der Waals surface area (Å²) in [5.74, 6) is 0.860. The fraction of sp³-hybridized carbons (Fsp3) is 0.406. The number of hydrogen-bond donors (Lipinski definition) is 1. The van der Waals surface area contributed by atoms with Crippen molar-refractivity contribution in [3.63, 3.8) is 0 Å². The fourth-order valence-corrected chi connectivity index (χ4v) is 5.46. The molecule has 0 spiro atoms. The van der Waals surface area contributed by atoms with Crippen LogP contribution in [0, 0.1) is 5.82 Å². The van der Waals surface area contributed by atoms with Gasteiger partial charge < -0.3 is 29.0 Å². The number of ether oxygens (including phenoxy) is 4. The molecule has 4 aromatic rings. The summed E-state index contributed by atoms with van der Waals surface area (Å²) in [5, 5.41) is 15.5. The van der Waals surface area contributed by atoms with Crippen molar-refractivity contribution in [3.05, 3.63) is 72.2 Å². The molecule has 3 aromatic carbocycles. The Balaban J connectivity index is 1.39. The molecule has 1 N–H and O–H groups in total. The van der Waals surface area contributed by atoms with Crippen LogP contribution in [0.4, 0.5) is 15.8 Å². The van der Waals surface area contributed by atoms with E-state index in [-0.39, 0.29) is 23.6 Å². The van der Waals surface area contributed by atoms with Crippen molar-refractivity contribution in [2.24, 2.45) is 0 Å². The first kappa shape index (κ1) is 27.4. The first-order valence-corrected chi connectivity index (χ1v) is 14.2. The first-order valence-electron chi connectivity index (χ1n) is 14.2. The first-order chi connectivity index (χ1) is 19.7. The van der Waals surface area contributed by atoms with Gasteiger partial charge in [-0.2, -0.15) is 5.10 Å². The fourth-order valence-electron chi connectivity index (χ4n) is 5.46. The molecule has 3 heterocycles. The molecule has 1 fully saturated rings. The van der Waals surface area contributed by atoms with E-state index in [0.29, 0.717) is 37.0 Å². The molecule has 9 heteroatoms. The summed E-state index contributed by atoms with van der Waals surface area (Å²) in [6, 6.07) is 15.5. The van der Waals surface area contributed by atoms with Gasteiger partial charge in [-0.15, -0.1) is 0 Å². The number of nitrogens with zero attached hydrogens (tertiary/aromatic N) is 3. The monoisotopic (exact) mass is 561 g/mol. The minimum atomic E-state index is -0.407. The van der Waals surface area contributed by atoms with Crippen molar-refractivity contribution in [1.82, 2.24) is 9.78 Å². The summed E-state index contributed by atoms with van der Waals surface area (Å²) >= 11 is 0. The number of aromatic hydroxyl groups is 1. The Hall–Kier alpha value is -3.82. The van der Waals surface area contributed by atoms with Crippen LogP contribution >= 0.6 is 0 Å². The zero-order chi connectivity index (χ0) is 28.6. The second-order valence-corrected chi connectivity index (χ2v) is 11.5. The summed E-state index contributed by atoms with van der Waals surface area (Å²) < 4.78 is 41.0. The SMILES string of the molecule is CC(C)(C)OCCOc1cc(F)cc(N2c3cc4cnn(C5CCCCO5)c4cc3OC[C@H]2c2ccc(O)cc2)c1. The lowest BCUT2D eigenvalue weighted by Crippen LogP contribution is -2.33. The summed E-state index contributed by atoms with van der Waals surface area (Å²) in [6.45, 7) is 7.68. The van der Waals surface area contributed by atoms with E-state index in [1.807, 2.05) is 62.0 Å². The second kappa shape index (κ2) is 11.2. The van der Waals surface area contributed by atoms with Gasteiger partial charge >= 0.3 is 0 Å². The summed E-state index contributed by atoms with van der Waals surface area (Å²) in [6.07, 6.45) is 4.81. The third-order valence-electron chi connectivity index (χ3n) is 7.37. The van der Waals surface area contributed by atoms with E-state index < -0.39 is 5.82 Å². The van der Waals surface area contributed by atoms with Gasteiger partial charge in [0, 0.05) is 35.9 Å². The topological polar surface area (TPSA) is 78.2 Å². The number of fused-ring (bicyclic) bond motifs is 2. The van der Waals surface area contributed by atoms with Gasteiger partial charge in [0.2, 0.25) is 0 Å². The quantitative estimate of drug-likeness (QED) is 0.242. The maximum Gasteiger partial charge on any atom is 0.150 e. The van der Waals surface area contributed by atoms with Crippen molar-refractivity contribution < 1.29 is 28.4 Å². The largest absolute Gasteiger partial charge is 0.508 e. The number of phenolic OH excluding ortho intramolecular Hbond substituents is 1. The van der Waals surface area contributed by atoms with Crippen LogP contribution in [0.5, 0.6) is 17.2 Å². The molecule has 0 radical (unpaired) electrons. The molecule has 2 aliphatic heterocycles. The maximum absolute atomic E-state index is 15.1. The predicted molar refractivity (Wildman–Crippen MR) is 155 cm³/mol. The van der Waals surface area contributed by atoms with Gasteiger partial charge in [-0.05, 0) is 69.9 Å². The molecular formula is C32H36FN3O5. The van der Waals surface area contributed by atoms with Crippen LogP contribution in [-0.4, -0.2) is 46.9 Å². The molecule has 8 nitrogen and oxygen atoms in total. The Morgan fingerprint density at radius 2 is 1.88 bits per heavy atom. The molecule has 1 saturated heterocycles. The number of aromatic nitrogens is 2. The van der Waals surface area contributed by atoms with Gasteiger partial charge in [0.1, 0.15) is 36.3 Å². The molecular weight excluding hydrogens is 525 g/mol. The Bertz CT molecular complexity index is 1510. The summed E-state index contributed by atoms with van der Waals surface area (Å²) in [4.78, 5) is 2.07. The molecule has 0 amide bonds. The Morgan fingerprint density at radius 1 is 1.05 bits per heavy atom. The molecule has 2 atom stereocenters. The lowest BCUT2D eigenvalue weighted by atomic mass is 10.0. The van der Waals surface area contributed by atoms with E-state index >= 15 is 4.39 Å². The van der Waals surface area contributed by atoms with Crippen molar-refractivity contribution in [2.45, 2.75) is 57.9 Å². The molecule has 2 aliphatic rings. The standard InChI is InChI=1S/C32H36FN3O5/c1-32(2,3)41-13-12-38-26-16-23(33)15-24(17-26)35-28-14-22-19-34-36(31-6-4-5-11-39-31)27(22)18-30(28)40-20-29(35)21-7-9-25(37)10-8-21/h7-10,14-19,29,31,37H,4-6,11-13,20H2,1-3H3/t29-,31?/m0/s1.